The van der Waals surface area contributed by atoms with Crippen molar-refractivity contribution in [3.05, 3.63) is 42.0 Å². The van der Waals surface area contributed by atoms with Crippen LogP contribution in [-0.2, 0) is 0 Å². The zero-order valence-corrected chi connectivity index (χ0v) is 14.0. The molecule has 3 nitrogen and oxygen atoms in total. The van der Waals surface area contributed by atoms with Crippen LogP contribution in [0, 0.1) is 5.41 Å². The van der Waals surface area contributed by atoms with E-state index in [1.165, 1.54) is 0 Å². The minimum Gasteiger partial charge on any atom is -0.398 e. The van der Waals surface area contributed by atoms with Crippen LogP contribution in [0.5, 0.6) is 0 Å². The molecule has 4 heteroatoms. The van der Waals surface area contributed by atoms with E-state index in [1.54, 1.807) is 18.2 Å². The molecule has 1 saturated heterocycles. The van der Waals surface area contributed by atoms with Crippen LogP contribution < -0.4 is 16.0 Å². The summed E-state index contributed by atoms with van der Waals surface area (Å²) in [6.45, 7) is 14.4. The number of benzene rings is 1. The second-order valence-electron chi connectivity index (χ2n) is 5.74. The van der Waals surface area contributed by atoms with E-state index in [1.807, 2.05) is 20.0 Å². The van der Waals surface area contributed by atoms with Gasteiger partial charge in [0.25, 0.3) is 0 Å². The van der Waals surface area contributed by atoms with Crippen molar-refractivity contribution >= 4 is 29.1 Å². The largest absolute Gasteiger partial charge is 0.398 e. The molecule has 1 aromatic rings. The molecule has 1 aliphatic heterocycles. The summed E-state index contributed by atoms with van der Waals surface area (Å²) in [5, 5.41) is 3.91. The van der Waals surface area contributed by atoms with Gasteiger partial charge in [-0.3, -0.25) is 0 Å². The van der Waals surface area contributed by atoms with Crippen LogP contribution in [0.25, 0.3) is 6.08 Å². The molecule has 0 saturated carbocycles. The maximum atomic E-state index is 6.08. The number of allylic oxidation sites excluding steroid dienone is 1. The molecule has 0 radical (unpaired) electrons. The summed E-state index contributed by atoms with van der Waals surface area (Å²) >= 11 is 6.08. The number of nitrogens with one attached hydrogen (secondary N) is 1. The number of nitrogens with zero attached hydrogens (tertiary/aromatic N) is 1. The summed E-state index contributed by atoms with van der Waals surface area (Å²) in [4.78, 5) is 2.30. The fourth-order valence-corrected chi connectivity index (χ4v) is 2.91. The summed E-state index contributed by atoms with van der Waals surface area (Å²) in [7, 11) is 1.99. The normalized spacial score (nSPS) is 15.5. The zero-order chi connectivity index (χ0) is 16.0. The average Bonchev–Trinajstić information content (AvgIpc) is 2.36. The lowest BCUT2D eigenvalue weighted by Crippen LogP contribution is -2.58. The third kappa shape index (κ3) is 4.26. The lowest BCUT2D eigenvalue weighted by atomic mass is 9.81. The lowest BCUT2D eigenvalue weighted by Gasteiger charge is -2.50. The predicted octanol–water partition coefficient (Wildman–Crippen LogP) is 3.80. The van der Waals surface area contributed by atoms with Crippen LogP contribution in [-0.4, -0.2) is 26.7 Å². The third-order valence-corrected chi connectivity index (χ3v) is 3.67. The minimum absolute atomic E-state index is 0.324. The van der Waals surface area contributed by atoms with Gasteiger partial charge in [-0.1, -0.05) is 37.3 Å². The Morgan fingerprint density at radius 3 is 2.48 bits per heavy atom. The van der Waals surface area contributed by atoms with Gasteiger partial charge in [0.05, 0.1) is 0 Å². The number of nitrogens with two attached hydrogens (primary N) is 1. The maximum Gasteiger partial charge on any atom is 0.0475 e. The maximum absolute atomic E-state index is 6.08. The van der Waals surface area contributed by atoms with E-state index in [4.69, 9.17) is 17.3 Å². The molecular weight excluding hydrogens is 282 g/mol. The van der Waals surface area contributed by atoms with Gasteiger partial charge in [0.2, 0.25) is 0 Å². The summed E-state index contributed by atoms with van der Waals surface area (Å²) in [6.07, 6.45) is 3.55. The number of nitrogen functional groups attached to an aromatic ring is 1. The Morgan fingerprint density at radius 1 is 1.43 bits per heavy atom. The predicted molar refractivity (Wildman–Crippen MR) is 96.1 cm³/mol. The zero-order valence-electron chi connectivity index (χ0n) is 13.2. The molecule has 0 unspecified atom stereocenters. The van der Waals surface area contributed by atoms with Gasteiger partial charge in [-0.25, -0.2) is 0 Å². The fourth-order valence-electron chi connectivity index (χ4n) is 2.69. The fraction of sp³-hybridized carbons (Fsp3) is 0.412. The number of hydrogen-bond acceptors (Lipinski definition) is 3. The van der Waals surface area contributed by atoms with Crippen molar-refractivity contribution in [2.24, 2.45) is 5.41 Å². The van der Waals surface area contributed by atoms with Crippen LogP contribution in [0.4, 0.5) is 11.4 Å². The summed E-state index contributed by atoms with van der Waals surface area (Å²) in [6, 6.07) is 3.74. The van der Waals surface area contributed by atoms with E-state index in [0.717, 1.165) is 30.9 Å². The highest BCUT2D eigenvalue weighted by Crippen LogP contribution is 2.39. The van der Waals surface area contributed by atoms with Crippen LogP contribution in [0.15, 0.2) is 31.4 Å². The highest BCUT2D eigenvalue weighted by molar-refractivity contribution is 6.31. The number of halogens is 1. The van der Waals surface area contributed by atoms with Gasteiger partial charge >= 0.3 is 0 Å². The minimum atomic E-state index is 0.324. The van der Waals surface area contributed by atoms with Gasteiger partial charge in [-0.15, -0.1) is 6.58 Å². The van der Waals surface area contributed by atoms with Gasteiger partial charge in [-0.2, -0.15) is 0 Å². The van der Waals surface area contributed by atoms with Crippen molar-refractivity contribution in [1.82, 2.24) is 5.32 Å². The Bertz CT molecular complexity index is 505. The van der Waals surface area contributed by atoms with Crippen LogP contribution >= 0.6 is 11.6 Å². The van der Waals surface area contributed by atoms with E-state index in [2.05, 4.69) is 30.3 Å². The highest BCUT2D eigenvalue weighted by atomic mass is 35.5. The molecule has 0 aliphatic carbocycles. The Balaban J connectivity index is 0.000000677. The molecular formula is C17H26ClN3. The second-order valence-corrected chi connectivity index (χ2v) is 6.17. The van der Waals surface area contributed by atoms with Crippen LogP contribution in [0.2, 0.25) is 5.02 Å². The van der Waals surface area contributed by atoms with E-state index >= 15 is 0 Å². The molecule has 1 aromatic carbocycles. The lowest BCUT2D eigenvalue weighted by molar-refractivity contribution is 0.238. The van der Waals surface area contributed by atoms with E-state index in [0.29, 0.717) is 16.1 Å². The van der Waals surface area contributed by atoms with E-state index < -0.39 is 0 Å². The summed E-state index contributed by atoms with van der Waals surface area (Å²) in [5.41, 5.74) is 9.06. The van der Waals surface area contributed by atoms with E-state index in [-0.39, 0.29) is 0 Å². The van der Waals surface area contributed by atoms with Crippen LogP contribution in [0.3, 0.4) is 0 Å². The Hall–Kier alpha value is -1.45. The summed E-state index contributed by atoms with van der Waals surface area (Å²) in [5.74, 6) is 0. The van der Waals surface area contributed by atoms with Crippen molar-refractivity contribution in [2.45, 2.75) is 13.8 Å². The Kier molecular flexibility index (Phi) is 6.31. The molecule has 0 aromatic heterocycles. The smallest absolute Gasteiger partial charge is 0.0475 e. The molecule has 2 rings (SSSR count). The molecule has 21 heavy (non-hydrogen) atoms. The van der Waals surface area contributed by atoms with Crippen molar-refractivity contribution in [3.63, 3.8) is 0 Å². The van der Waals surface area contributed by atoms with Crippen molar-refractivity contribution in [3.8, 4) is 0 Å². The van der Waals surface area contributed by atoms with E-state index in [9.17, 15) is 0 Å². The first-order chi connectivity index (χ1) is 9.90. The molecule has 1 fully saturated rings. The molecule has 0 amide bonds. The topological polar surface area (TPSA) is 41.3 Å². The molecule has 0 atom stereocenters. The van der Waals surface area contributed by atoms with Crippen LogP contribution in [0.1, 0.15) is 19.4 Å². The van der Waals surface area contributed by atoms with Crippen molar-refractivity contribution in [1.29, 1.82) is 0 Å². The van der Waals surface area contributed by atoms with Crippen molar-refractivity contribution in [2.75, 3.05) is 37.3 Å². The molecule has 1 aliphatic rings. The first-order valence-electron chi connectivity index (χ1n) is 7.09. The monoisotopic (exact) mass is 307 g/mol. The number of hydrogen-bond donors (Lipinski definition) is 2. The second kappa shape index (κ2) is 7.53. The van der Waals surface area contributed by atoms with Gasteiger partial charge in [0.15, 0.2) is 0 Å². The quantitative estimate of drug-likeness (QED) is 0.656. The molecule has 3 N–H and O–H groups in total. The molecule has 0 spiro atoms. The first-order valence-corrected chi connectivity index (χ1v) is 7.46. The number of rotatable bonds is 4. The SMILES string of the molecule is C=CC.C=Cc1c(N)cc(Cl)cc1N1CC(C)(CNC)C1. The van der Waals surface area contributed by atoms with Gasteiger partial charge in [0.1, 0.15) is 0 Å². The van der Waals surface area contributed by atoms with Crippen molar-refractivity contribution < 1.29 is 0 Å². The summed E-state index contributed by atoms with van der Waals surface area (Å²) < 4.78 is 0. The van der Waals surface area contributed by atoms with Gasteiger partial charge in [-0.05, 0) is 26.1 Å². The Labute approximate surface area is 133 Å². The van der Waals surface area contributed by atoms with Gasteiger partial charge < -0.3 is 16.0 Å². The molecule has 0 bridgehead atoms. The average molecular weight is 308 g/mol. The third-order valence-electron chi connectivity index (χ3n) is 3.45. The van der Waals surface area contributed by atoms with Gasteiger partial charge in [0, 0.05) is 47.0 Å². The highest BCUT2D eigenvalue weighted by Gasteiger charge is 2.38. The number of anilines is 2. The standard InChI is InChI=1S/C14H20ClN3.C3H6/c1-4-11-12(16)5-10(15)6-13(11)18-8-14(2,9-18)7-17-3;1-3-2/h4-6,17H,1,7-9,16H2,2-3H3;3H,1H2,2H3. The Morgan fingerprint density at radius 2 is 2.00 bits per heavy atom. The molecule has 116 valence electrons. The molecule has 1 heterocycles. The first kappa shape index (κ1) is 17.6.